The van der Waals surface area contributed by atoms with Crippen molar-refractivity contribution in [1.29, 1.82) is 0 Å². The molecule has 0 aromatic carbocycles. The second-order valence-electron chi connectivity index (χ2n) is 5.55. The van der Waals surface area contributed by atoms with Crippen LogP contribution in [0.3, 0.4) is 0 Å². The van der Waals surface area contributed by atoms with Gasteiger partial charge in [-0.3, -0.25) is 4.79 Å². The summed E-state index contributed by atoms with van der Waals surface area (Å²) in [4.78, 5) is 23.2. The highest BCUT2D eigenvalue weighted by Crippen LogP contribution is 2.22. The maximum atomic E-state index is 12.6. The number of piperidine rings is 1. The van der Waals surface area contributed by atoms with E-state index < -0.39 is 0 Å². The molecule has 0 unspecified atom stereocenters. The lowest BCUT2D eigenvalue weighted by atomic mass is 9.95. The number of thiazole rings is 1. The first-order valence-electron chi connectivity index (χ1n) is 7.33. The maximum absolute atomic E-state index is 12.6. The predicted molar refractivity (Wildman–Crippen MR) is 83.4 cm³/mol. The van der Waals surface area contributed by atoms with Crippen LogP contribution in [0.4, 0.5) is 0 Å². The van der Waals surface area contributed by atoms with Gasteiger partial charge in [0.1, 0.15) is 5.69 Å². The molecule has 2 aromatic rings. The molecule has 5 heteroatoms. The number of rotatable bonds is 3. The Morgan fingerprint density at radius 3 is 3.14 bits per heavy atom. The molecule has 1 fully saturated rings. The van der Waals surface area contributed by atoms with Crippen molar-refractivity contribution in [2.75, 3.05) is 13.1 Å². The van der Waals surface area contributed by atoms with E-state index >= 15 is 0 Å². The summed E-state index contributed by atoms with van der Waals surface area (Å²) in [5.41, 5.74) is 1.45. The summed E-state index contributed by atoms with van der Waals surface area (Å²) in [5, 5.41) is 3.18. The molecule has 21 heavy (non-hydrogen) atoms. The molecule has 4 nitrogen and oxygen atoms in total. The monoisotopic (exact) mass is 301 g/mol. The third-order valence-electron chi connectivity index (χ3n) is 3.86. The predicted octanol–water partition coefficient (Wildman–Crippen LogP) is 2.94. The van der Waals surface area contributed by atoms with Crippen molar-refractivity contribution < 1.29 is 4.79 Å². The van der Waals surface area contributed by atoms with Gasteiger partial charge in [-0.2, -0.15) is 0 Å². The van der Waals surface area contributed by atoms with Crippen LogP contribution in [0.5, 0.6) is 0 Å². The molecule has 0 radical (unpaired) electrons. The van der Waals surface area contributed by atoms with Crippen molar-refractivity contribution in [1.82, 2.24) is 14.9 Å². The standard InChI is InChI=1S/C16H19N3OS/c1-12-4-2-6-14(18-12)16(20)19-8-3-5-13(11-19)10-15-17-7-9-21-15/h2,4,6-7,9,13H,3,5,8,10-11H2,1H3/t13-/m0/s1. The molecule has 1 atom stereocenters. The molecule has 0 saturated carbocycles. The van der Waals surface area contributed by atoms with Gasteiger partial charge in [0.25, 0.3) is 5.91 Å². The highest BCUT2D eigenvalue weighted by Gasteiger charge is 2.25. The number of aromatic nitrogens is 2. The molecule has 3 rings (SSSR count). The van der Waals surface area contributed by atoms with E-state index in [-0.39, 0.29) is 5.91 Å². The number of hydrogen-bond donors (Lipinski definition) is 0. The average Bonchev–Trinajstić information content (AvgIpc) is 3.00. The summed E-state index contributed by atoms with van der Waals surface area (Å²) in [6, 6.07) is 5.62. The summed E-state index contributed by atoms with van der Waals surface area (Å²) in [6.07, 6.45) is 5.06. The summed E-state index contributed by atoms with van der Waals surface area (Å²) in [5.74, 6) is 0.571. The fourth-order valence-corrected chi connectivity index (χ4v) is 3.57. The quantitative estimate of drug-likeness (QED) is 0.875. The van der Waals surface area contributed by atoms with Crippen LogP contribution in [0.25, 0.3) is 0 Å². The molecule has 2 aromatic heterocycles. The number of likely N-dealkylation sites (tertiary alicyclic amines) is 1. The lowest BCUT2D eigenvalue weighted by Gasteiger charge is -2.32. The van der Waals surface area contributed by atoms with Gasteiger partial charge in [-0.05, 0) is 37.8 Å². The maximum Gasteiger partial charge on any atom is 0.272 e. The molecular formula is C16H19N3OS. The minimum Gasteiger partial charge on any atom is -0.337 e. The smallest absolute Gasteiger partial charge is 0.272 e. The van der Waals surface area contributed by atoms with Crippen molar-refractivity contribution in [2.24, 2.45) is 5.92 Å². The van der Waals surface area contributed by atoms with E-state index in [0.29, 0.717) is 11.6 Å². The first-order chi connectivity index (χ1) is 10.2. The number of aryl methyl sites for hydroxylation is 1. The zero-order valence-corrected chi connectivity index (χ0v) is 13.0. The van der Waals surface area contributed by atoms with Gasteiger partial charge in [-0.1, -0.05) is 6.07 Å². The van der Waals surface area contributed by atoms with Gasteiger partial charge in [-0.15, -0.1) is 11.3 Å². The molecule has 0 aliphatic carbocycles. The van der Waals surface area contributed by atoms with Gasteiger partial charge >= 0.3 is 0 Å². The van der Waals surface area contributed by atoms with Crippen LogP contribution in [-0.4, -0.2) is 33.9 Å². The lowest BCUT2D eigenvalue weighted by Crippen LogP contribution is -2.40. The highest BCUT2D eigenvalue weighted by atomic mass is 32.1. The van der Waals surface area contributed by atoms with Crippen molar-refractivity contribution in [3.05, 3.63) is 46.2 Å². The topological polar surface area (TPSA) is 46.1 Å². The van der Waals surface area contributed by atoms with Gasteiger partial charge in [-0.25, -0.2) is 9.97 Å². The molecule has 1 aliphatic heterocycles. The number of carbonyl (C=O) groups is 1. The number of carbonyl (C=O) groups excluding carboxylic acids is 1. The first-order valence-corrected chi connectivity index (χ1v) is 8.21. The van der Waals surface area contributed by atoms with E-state index in [1.165, 1.54) is 11.4 Å². The molecule has 0 bridgehead atoms. The van der Waals surface area contributed by atoms with E-state index in [1.54, 1.807) is 17.4 Å². The van der Waals surface area contributed by atoms with Gasteiger partial charge in [0.15, 0.2) is 0 Å². The van der Waals surface area contributed by atoms with Crippen molar-refractivity contribution in [3.63, 3.8) is 0 Å². The van der Waals surface area contributed by atoms with Crippen LogP contribution < -0.4 is 0 Å². The SMILES string of the molecule is Cc1cccc(C(=O)N2CCC[C@@H](Cc3nccs3)C2)n1. The Morgan fingerprint density at radius 1 is 1.48 bits per heavy atom. The van der Waals surface area contributed by atoms with Gasteiger partial charge in [0.05, 0.1) is 5.01 Å². The van der Waals surface area contributed by atoms with Crippen LogP contribution in [-0.2, 0) is 6.42 Å². The molecule has 0 N–H and O–H groups in total. The van der Waals surface area contributed by atoms with Crippen LogP contribution in [0.1, 0.15) is 34.0 Å². The van der Waals surface area contributed by atoms with Crippen molar-refractivity contribution in [2.45, 2.75) is 26.2 Å². The molecule has 1 saturated heterocycles. The second kappa shape index (κ2) is 6.35. The summed E-state index contributed by atoms with van der Waals surface area (Å²) in [6.45, 7) is 3.56. The third kappa shape index (κ3) is 3.47. The molecular weight excluding hydrogens is 282 g/mol. The Bertz CT molecular complexity index is 612. The van der Waals surface area contributed by atoms with Crippen molar-refractivity contribution >= 4 is 17.2 Å². The van der Waals surface area contributed by atoms with E-state index in [1.807, 2.05) is 35.5 Å². The molecule has 1 aliphatic rings. The Kier molecular flexibility index (Phi) is 4.29. The van der Waals surface area contributed by atoms with E-state index in [0.717, 1.165) is 31.6 Å². The third-order valence-corrected chi connectivity index (χ3v) is 4.66. The minimum atomic E-state index is 0.0579. The molecule has 0 spiro atoms. The van der Waals surface area contributed by atoms with Gasteiger partial charge in [0.2, 0.25) is 0 Å². The fourth-order valence-electron chi connectivity index (χ4n) is 2.84. The Labute approximate surface area is 128 Å². The van der Waals surface area contributed by atoms with Crippen molar-refractivity contribution in [3.8, 4) is 0 Å². The number of nitrogens with zero attached hydrogens (tertiary/aromatic N) is 3. The first kappa shape index (κ1) is 14.2. The van der Waals surface area contributed by atoms with Gasteiger partial charge < -0.3 is 4.90 Å². The second-order valence-corrected chi connectivity index (χ2v) is 6.53. The van der Waals surface area contributed by atoms with Gasteiger partial charge in [0, 0.05) is 36.8 Å². The minimum absolute atomic E-state index is 0.0579. The largest absolute Gasteiger partial charge is 0.337 e. The fraction of sp³-hybridized carbons (Fsp3) is 0.438. The Morgan fingerprint density at radius 2 is 2.38 bits per heavy atom. The summed E-state index contributed by atoms with van der Waals surface area (Å²) >= 11 is 1.70. The zero-order valence-electron chi connectivity index (χ0n) is 12.2. The zero-order chi connectivity index (χ0) is 14.7. The summed E-state index contributed by atoms with van der Waals surface area (Å²) < 4.78 is 0. The normalized spacial score (nSPS) is 18.7. The number of pyridine rings is 1. The van der Waals surface area contributed by atoms with Crippen LogP contribution in [0.15, 0.2) is 29.8 Å². The molecule has 110 valence electrons. The van der Waals surface area contributed by atoms with Crippen LogP contribution in [0, 0.1) is 12.8 Å². The van der Waals surface area contributed by atoms with E-state index in [9.17, 15) is 4.79 Å². The molecule has 3 heterocycles. The van der Waals surface area contributed by atoms with Crippen LogP contribution in [0.2, 0.25) is 0 Å². The van der Waals surface area contributed by atoms with E-state index in [2.05, 4.69) is 9.97 Å². The van der Waals surface area contributed by atoms with E-state index in [4.69, 9.17) is 0 Å². The average molecular weight is 301 g/mol. The number of hydrogen-bond acceptors (Lipinski definition) is 4. The Balaban J connectivity index is 1.66. The Hall–Kier alpha value is -1.75. The summed E-state index contributed by atoms with van der Waals surface area (Å²) in [7, 11) is 0. The highest BCUT2D eigenvalue weighted by molar-refractivity contribution is 7.09. The van der Waals surface area contributed by atoms with Crippen LogP contribution >= 0.6 is 11.3 Å². The molecule has 1 amide bonds. The number of amides is 1. The lowest BCUT2D eigenvalue weighted by molar-refractivity contribution is 0.0667.